The van der Waals surface area contributed by atoms with Gasteiger partial charge in [0, 0.05) is 44.9 Å². The molecule has 0 aromatic heterocycles. The number of carbonyl (C=O) groups excluding carboxylic acids is 3. The predicted molar refractivity (Wildman–Crippen MR) is 89.8 cm³/mol. The number of nitrogens with one attached hydrogen (secondary N) is 2. The molecule has 1 fully saturated rings. The molecule has 1 heterocycles. The number of carbonyl (C=O) groups is 3. The highest BCUT2D eigenvalue weighted by Gasteiger charge is 2.27. The normalized spacial score (nSPS) is 17.4. The summed E-state index contributed by atoms with van der Waals surface area (Å²) in [5.74, 6) is 0.380. The molecule has 2 N–H and O–H groups in total. The maximum atomic E-state index is 11.7. The second kappa shape index (κ2) is 11.0. The van der Waals surface area contributed by atoms with E-state index in [-0.39, 0.29) is 23.6 Å². The highest BCUT2D eigenvalue weighted by Crippen LogP contribution is 2.16. The molecular formula is C17H31N3O3. The monoisotopic (exact) mass is 325 g/mol. The van der Waals surface area contributed by atoms with E-state index < -0.39 is 0 Å². The smallest absolute Gasteiger partial charge is 0.225 e. The summed E-state index contributed by atoms with van der Waals surface area (Å²) < 4.78 is 0. The SMILES string of the molecule is CCCNC(=O)CCCCCNC(=O)CCN1CCC(C)C1=O. The Bertz CT molecular complexity index is 399. The van der Waals surface area contributed by atoms with Crippen molar-refractivity contribution in [1.29, 1.82) is 0 Å². The first-order valence-electron chi connectivity index (χ1n) is 8.86. The fourth-order valence-corrected chi connectivity index (χ4v) is 2.61. The lowest BCUT2D eigenvalue weighted by Gasteiger charge is -2.15. The van der Waals surface area contributed by atoms with E-state index in [0.29, 0.717) is 25.9 Å². The Morgan fingerprint density at radius 2 is 1.78 bits per heavy atom. The van der Waals surface area contributed by atoms with Gasteiger partial charge in [0.15, 0.2) is 0 Å². The Labute approximate surface area is 139 Å². The van der Waals surface area contributed by atoms with E-state index in [9.17, 15) is 14.4 Å². The van der Waals surface area contributed by atoms with Crippen LogP contribution in [0.1, 0.15) is 58.8 Å². The van der Waals surface area contributed by atoms with Crippen molar-refractivity contribution in [2.75, 3.05) is 26.2 Å². The van der Waals surface area contributed by atoms with Crippen molar-refractivity contribution < 1.29 is 14.4 Å². The molecule has 0 aromatic carbocycles. The van der Waals surface area contributed by atoms with E-state index in [1.54, 1.807) is 4.90 Å². The maximum Gasteiger partial charge on any atom is 0.225 e. The zero-order chi connectivity index (χ0) is 17.1. The molecule has 132 valence electrons. The van der Waals surface area contributed by atoms with Crippen LogP contribution in [0.25, 0.3) is 0 Å². The van der Waals surface area contributed by atoms with Crippen LogP contribution >= 0.6 is 0 Å². The minimum Gasteiger partial charge on any atom is -0.356 e. The Morgan fingerprint density at radius 1 is 1.09 bits per heavy atom. The van der Waals surface area contributed by atoms with Crippen LogP contribution in [0.5, 0.6) is 0 Å². The van der Waals surface area contributed by atoms with Crippen molar-refractivity contribution in [3.05, 3.63) is 0 Å². The molecule has 3 amide bonds. The molecule has 1 saturated heterocycles. The van der Waals surface area contributed by atoms with Gasteiger partial charge in [-0.2, -0.15) is 0 Å². The third-order valence-corrected chi connectivity index (χ3v) is 4.15. The van der Waals surface area contributed by atoms with Crippen molar-refractivity contribution in [2.24, 2.45) is 5.92 Å². The first-order chi connectivity index (χ1) is 11.0. The van der Waals surface area contributed by atoms with E-state index in [4.69, 9.17) is 0 Å². The van der Waals surface area contributed by atoms with Crippen molar-refractivity contribution >= 4 is 17.7 Å². The van der Waals surface area contributed by atoms with Gasteiger partial charge < -0.3 is 15.5 Å². The lowest BCUT2D eigenvalue weighted by atomic mass is 10.1. The molecule has 0 aliphatic carbocycles. The average Bonchev–Trinajstić information content (AvgIpc) is 2.85. The zero-order valence-electron chi connectivity index (χ0n) is 14.5. The topological polar surface area (TPSA) is 78.5 Å². The Morgan fingerprint density at radius 3 is 2.43 bits per heavy atom. The third-order valence-electron chi connectivity index (χ3n) is 4.15. The van der Waals surface area contributed by atoms with Crippen LogP contribution in [0.15, 0.2) is 0 Å². The number of nitrogens with zero attached hydrogens (tertiary/aromatic N) is 1. The largest absolute Gasteiger partial charge is 0.356 e. The quantitative estimate of drug-likeness (QED) is 0.564. The second-order valence-corrected chi connectivity index (χ2v) is 6.28. The number of rotatable bonds is 11. The van der Waals surface area contributed by atoms with Gasteiger partial charge in [-0.05, 0) is 25.7 Å². The van der Waals surface area contributed by atoms with Crippen molar-refractivity contribution in [2.45, 2.75) is 58.8 Å². The molecule has 6 heteroatoms. The highest BCUT2D eigenvalue weighted by molar-refractivity contribution is 5.81. The molecular weight excluding hydrogens is 294 g/mol. The molecule has 0 aromatic rings. The van der Waals surface area contributed by atoms with Gasteiger partial charge in [-0.25, -0.2) is 0 Å². The summed E-state index contributed by atoms with van der Waals surface area (Å²) in [6.45, 7) is 6.64. The van der Waals surface area contributed by atoms with Gasteiger partial charge in [0.2, 0.25) is 17.7 Å². The number of unbranched alkanes of at least 4 members (excludes halogenated alkanes) is 2. The number of amides is 3. The van der Waals surface area contributed by atoms with Crippen LogP contribution in [0, 0.1) is 5.92 Å². The van der Waals surface area contributed by atoms with Gasteiger partial charge in [-0.1, -0.05) is 20.3 Å². The number of hydrogen-bond donors (Lipinski definition) is 2. The van der Waals surface area contributed by atoms with Crippen molar-refractivity contribution in [3.8, 4) is 0 Å². The summed E-state index contributed by atoms with van der Waals surface area (Å²) in [6.07, 6.45) is 5.45. The molecule has 0 radical (unpaired) electrons. The van der Waals surface area contributed by atoms with Gasteiger partial charge >= 0.3 is 0 Å². The van der Waals surface area contributed by atoms with E-state index in [1.165, 1.54) is 0 Å². The van der Waals surface area contributed by atoms with E-state index >= 15 is 0 Å². The van der Waals surface area contributed by atoms with Gasteiger partial charge in [-0.3, -0.25) is 14.4 Å². The molecule has 1 rings (SSSR count). The summed E-state index contributed by atoms with van der Waals surface area (Å²) in [4.78, 5) is 36.6. The third kappa shape index (κ3) is 8.00. The number of likely N-dealkylation sites (tertiary alicyclic amines) is 1. The van der Waals surface area contributed by atoms with Crippen LogP contribution in [0.2, 0.25) is 0 Å². The molecule has 1 aliphatic rings. The molecule has 0 spiro atoms. The summed E-state index contributed by atoms with van der Waals surface area (Å²) in [7, 11) is 0. The first-order valence-corrected chi connectivity index (χ1v) is 8.86. The van der Waals surface area contributed by atoms with Gasteiger partial charge in [0.25, 0.3) is 0 Å². The standard InChI is InChI=1S/C17H31N3O3/c1-3-10-18-15(21)7-5-4-6-11-19-16(22)9-13-20-12-8-14(2)17(20)23/h14H,3-13H2,1-2H3,(H,18,21)(H,19,22). The van der Waals surface area contributed by atoms with Crippen LogP contribution in [-0.2, 0) is 14.4 Å². The first kappa shape index (κ1) is 19.5. The molecule has 6 nitrogen and oxygen atoms in total. The number of hydrogen-bond acceptors (Lipinski definition) is 3. The van der Waals surface area contributed by atoms with Crippen molar-refractivity contribution in [3.63, 3.8) is 0 Å². The molecule has 1 unspecified atom stereocenters. The highest BCUT2D eigenvalue weighted by atomic mass is 16.2. The molecule has 0 saturated carbocycles. The lowest BCUT2D eigenvalue weighted by Crippen LogP contribution is -2.32. The summed E-state index contributed by atoms with van der Waals surface area (Å²) in [5.41, 5.74) is 0. The Balaban J connectivity index is 1.96. The van der Waals surface area contributed by atoms with E-state index in [2.05, 4.69) is 10.6 Å². The van der Waals surface area contributed by atoms with Crippen LogP contribution in [0.3, 0.4) is 0 Å². The van der Waals surface area contributed by atoms with Gasteiger partial charge in [0.05, 0.1) is 0 Å². The second-order valence-electron chi connectivity index (χ2n) is 6.28. The molecule has 1 aliphatic heterocycles. The fourth-order valence-electron chi connectivity index (χ4n) is 2.61. The summed E-state index contributed by atoms with van der Waals surface area (Å²) in [5, 5.41) is 5.73. The Hall–Kier alpha value is -1.59. The maximum absolute atomic E-state index is 11.7. The van der Waals surface area contributed by atoms with Crippen LogP contribution < -0.4 is 10.6 Å². The summed E-state index contributed by atoms with van der Waals surface area (Å²) >= 11 is 0. The van der Waals surface area contributed by atoms with Crippen LogP contribution in [0.4, 0.5) is 0 Å². The summed E-state index contributed by atoms with van der Waals surface area (Å²) in [6, 6.07) is 0. The minimum atomic E-state index is -0.00181. The van der Waals surface area contributed by atoms with E-state index in [1.807, 2.05) is 13.8 Å². The fraction of sp³-hybridized carbons (Fsp3) is 0.824. The van der Waals surface area contributed by atoms with Crippen molar-refractivity contribution in [1.82, 2.24) is 15.5 Å². The molecule has 0 bridgehead atoms. The molecule has 23 heavy (non-hydrogen) atoms. The predicted octanol–water partition coefficient (Wildman–Crippen LogP) is 1.45. The van der Waals surface area contributed by atoms with Gasteiger partial charge in [-0.15, -0.1) is 0 Å². The van der Waals surface area contributed by atoms with Gasteiger partial charge in [0.1, 0.15) is 0 Å². The van der Waals surface area contributed by atoms with E-state index in [0.717, 1.165) is 45.2 Å². The average molecular weight is 325 g/mol. The van der Waals surface area contributed by atoms with Crippen LogP contribution in [-0.4, -0.2) is 48.8 Å². The minimum absolute atomic E-state index is 0.00181. The zero-order valence-corrected chi connectivity index (χ0v) is 14.5. The lowest BCUT2D eigenvalue weighted by molar-refractivity contribution is -0.131. The Kier molecular flexibility index (Phi) is 9.33. The molecule has 1 atom stereocenters.